The second kappa shape index (κ2) is 7.10. The van der Waals surface area contributed by atoms with E-state index in [1.54, 1.807) is 7.11 Å². The van der Waals surface area contributed by atoms with Gasteiger partial charge in [-0.1, -0.05) is 34.1 Å². The van der Waals surface area contributed by atoms with Gasteiger partial charge in [-0.2, -0.15) is 0 Å². The van der Waals surface area contributed by atoms with Gasteiger partial charge in [-0.25, -0.2) is 0 Å². The lowest BCUT2D eigenvalue weighted by atomic mass is 10.1. The highest BCUT2D eigenvalue weighted by Gasteiger charge is 2.42. The summed E-state index contributed by atoms with van der Waals surface area (Å²) in [7, 11) is 1.70. The Labute approximate surface area is 111 Å². The molecular weight excluding hydrogens is 228 g/mol. The zero-order chi connectivity index (χ0) is 13.7. The summed E-state index contributed by atoms with van der Waals surface area (Å²) >= 11 is 0. The van der Waals surface area contributed by atoms with Crippen molar-refractivity contribution in [3.63, 3.8) is 0 Å². The van der Waals surface area contributed by atoms with Crippen LogP contribution in [0.1, 0.15) is 47.0 Å². The molecule has 0 saturated carbocycles. The van der Waals surface area contributed by atoms with Crippen molar-refractivity contribution >= 4 is 5.91 Å². The molecule has 1 saturated heterocycles. The predicted molar refractivity (Wildman–Crippen MR) is 73.3 cm³/mol. The highest BCUT2D eigenvalue weighted by molar-refractivity contribution is 5.84. The third-order valence-corrected chi connectivity index (χ3v) is 3.66. The summed E-state index contributed by atoms with van der Waals surface area (Å²) in [5, 5.41) is 3.49. The van der Waals surface area contributed by atoms with E-state index in [2.05, 4.69) is 33.0 Å². The highest BCUT2D eigenvalue weighted by atomic mass is 16.5. The molecule has 0 radical (unpaired) electrons. The monoisotopic (exact) mass is 256 g/mol. The van der Waals surface area contributed by atoms with Crippen molar-refractivity contribution in [1.82, 2.24) is 10.2 Å². The highest BCUT2D eigenvalue weighted by Crippen LogP contribution is 2.24. The molecule has 1 aliphatic rings. The van der Waals surface area contributed by atoms with Gasteiger partial charge in [-0.3, -0.25) is 10.1 Å². The summed E-state index contributed by atoms with van der Waals surface area (Å²) < 4.78 is 5.26. The first-order valence-corrected chi connectivity index (χ1v) is 7.13. The van der Waals surface area contributed by atoms with E-state index in [4.69, 9.17) is 4.74 Å². The summed E-state index contributed by atoms with van der Waals surface area (Å²) in [5.41, 5.74) is 0. The zero-order valence-corrected chi connectivity index (χ0v) is 12.4. The number of carbonyl (C=O) groups is 1. The Morgan fingerprint density at radius 2 is 2.06 bits per heavy atom. The van der Waals surface area contributed by atoms with Gasteiger partial charge in [-0.05, 0) is 18.8 Å². The van der Waals surface area contributed by atoms with Crippen LogP contribution in [0.3, 0.4) is 0 Å². The number of amides is 1. The molecule has 0 aromatic heterocycles. The van der Waals surface area contributed by atoms with Crippen molar-refractivity contribution in [1.29, 1.82) is 0 Å². The van der Waals surface area contributed by atoms with E-state index >= 15 is 0 Å². The van der Waals surface area contributed by atoms with Crippen LogP contribution >= 0.6 is 0 Å². The van der Waals surface area contributed by atoms with Crippen molar-refractivity contribution in [3.05, 3.63) is 0 Å². The van der Waals surface area contributed by atoms with Gasteiger partial charge in [0.2, 0.25) is 5.91 Å². The number of methoxy groups -OCH3 is 1. The summed E-state index contributed by atoms with van der Waals surface area (Å²) in [4.78, 5) is 14.5. The van der Waals surface area contributed by atoms with E-state index in [1.807, 2.05) is 4.90 Å². The fourth-order valence-corrected chi connectivity index (χ4v) is 2.68. The van der Waals surface area contributed by atoms with Crippen LogP contribution in [-0.2, 0) is 9.53 Å². The third kappa shape index (κ3) is 3.23. The molecule has 1 fully saturated rings. The number of nitrogens with zero attached hydrogens (tertiary/aromatic N) is 1. The Kier molecular flexibility index (Phi) is 6.09. The summed E-state index contributed by atoms with van der Waals surface area (Å²) in [6, 6.07) is 0.178. The van der Waals surface area contributed by atoms with Crippen LogP contribution in [0.2, 0.25) is 0 Å². The molecule has 0 aromatic rings. The maximum atomic E-state index is 12.5. The molecular formula is C14H28N2O2. The lowest BCUT2D eigenvalue weighted by molar-refractivity contribution is -0.134. The average Bonchev–Trinajstić information content (AvgIpc) is 2.65. The molecule has 0 aromatic carbocycles. The van der Waals surface area contributed by atoms with Gasteiger partial charge in [0.15, 0.2) is 0 Å². The fourth-order valence-electron chi connectivity index (χ4n) is 2.68. The lowest BCUT2D eigenvalue weighted by Crippen LogP contribution is -2.48. The number of nitrogens with one attached hydrogen (secondary N) is 1. The molecule has 106 valence electrons. The second-order valence-corrected chi connectivity index (χ2v) is 5.46. The largest absolute Gasteiger partial charge is 0.383 e. The molecule has 0 aliphatic carbocycles. The Bertz CT molecular complexity index is 269. The number of carbonyl (C=O) groups excluding carboxylic acids is 1. The SMILES string of the molecule is CCCC1NC(C(C)C)N(C(CC)COC)C1=O. The van der Waals surface area contributed by atoms with Crippen LogP contribution < -0.4 is 5.32 Å². The Hall–Kier alpha value is -0.610. The van der Waals surface area contributed by atoms with Gasteiger partial charge in [0.1, 0.15) is 0 Å². The van der Waals surface area contributed by atoms with Crippen LogP contribution in [0.5, 0.6) is 0 Å². The van der Waals surface area contributed by atoms with Crippen molar-refractivity contribution in [2.75, 3.05) is 13.7 Å². The van der Waals surface area contributed by atoms with Crippen LogP contribution in [0, 0.1) is 5.92 Å². The zero-order valence-electron chi connectivity index (χ0n) is 12.4. The smallest absolute Gasteiger partial charge is 0.241 e. The van der Waals surface area contributed by atoms with E-state index in [0.29, 0.717) is 12.5 Å². The minimum atomic E-state index is -0.00620. The van der Waals surface area contributed by atoms with Crippen LogP contribution in [0.4, 0.5) is 0 Å². The summed E-state index contributed by atoms with van der Waals surface area (Å²) in [5.74, 6) is 0.668. The van der Waals surface area contributed by atoms with Crippen molar-refractivity contribution in [3.8, 4) is 0 Å². The number of ether oxygens (including phenoxy) is 1. The Morgan fingerprint density at radius 3 is 2.50 bits per heavy atom. The first-order valence-electron chi connectivity index (χ1n) is 7.13. The van der Waals surface area contributed by atoms with E-state index < -0.39 is 0 Å². The summed E-state index contributed by atoms with van der Waals surface area (Å²) in [6.45, 7) is 9.17. The van der Waals surface area contributed by atoms with E-state index in [1.165, 1.54) is 0 Å². The van der Waals surface area contributed by atoms with Crippen LogP contribution in [0.15, 0.2) is 0 Å². The molecule has 18 heavy (non-hydrogen) atoms. The third-order valence-electron chi connectivity index (χ3n) is 3.66. The maximum Gasteiger partial charge on any atom is 0.241 e. The molecule has 1 aliphatic heterocycles. The predicted octanol–water partition coefficient (Wildman–Crippen LogP) is 1.99. The first-order chi connectivity index (χ1) is 8.56. The molecule has 4 heteroatoms. The second-order valence-electron chi connectivity index (χ2n) is 5.46. The first kappa shape index (κ1) is 15.4. The number of hydrogen-bond donors (Lipinski definition) is 1. The van der Waals surface area contributed by atoms with Crippen molar-refractivity contribution < 1.29 is 9.53 Å². The summed E-state index contributed by atoms with van der Waals surface area (Å²) in [6.07, 6.45) is 3.03. The molecule has 1 N–H and O–H groups in total. The van der Waals surface area contributed by atoms with Gasteiger partial charge in [0, 0.05) is 7.11 Å². The van der Waals surface area contributed by atoms with Crippen molar-refractivity contribution in [2.45, 2.75) is 65.2 Å². The molecule has 4 nitrogen and oxygen atoms in total. The number of rotatable bonds is 7. The molecule has 3 atom stereocenters. The van der Waals surface area contributed by atoms with Crippen molar-refractivity contribution in [2.24, 2.45) is 5.92 Å². The van der Waals surface area contributed by atoms with Gasteiger partial charge < -0.3 is 9.64 Å². The molecule has 1 amide bonds. The van der Waals surface area contributed by atoms with E-state index in [-0.39, 0.29) is 24.2 Å². The quantitative estimate of drug-likeness (QED) is 0.757. The number of hydrogen-bond acceptors (Lipinski definition) is 3. The topological polar surface area (TPSA) is 41.6 Å². The van der Waals surface area contributed by atoms with Crippen LogP contribution in [-0.4, -0.2) is 42.8 Å². The van der Waals surface area contributed by atoms with E-state index in [9.17, 15) is 4.79 Å². The molecule has 0 spiro atoms. The molecule has 1 rings (SSSR count). The van der Waals surface area contributed by atoms with Gasteiger partial charge in [-0.15, -0.1) is 0 Å². The lowest BCUT2D eigenvalue weighted by Gasteiger charge is -2.33. The maximum absolute atomic E-state index is 12.5. The normalized spacial score (nSPS) is 26.1. The van der Waals surface area contributed by atoms with Gasteiger partial charge >= 0.3 is 0 Å². The minimum absolute atomic E-state index is 0.00620. The average molecular weight is 256 g/mol. The molecule has 3 unspecified atom stereocenters. The Balaban J connectivity index is 2.85. The van der Waals surface area contributed by atoms with Gasteiger partial charge in [0.05, 0.1) is 24.9 Å². The van der Waals surface area contributed by atoms with Gasteiger partial charge in [0.25, 0.3) is 0 Å². The Morgan fingerprint density at radius 1 is 1.39 bits per heavy atom. The fraction of sp³-hybridized carbons (Fsp3) is 0.929. The van der Waals surface area contributed by atoms with Crippen LogP contribution in [0.25, 0.3) is 0 Å². The van der Waals surface area contributed by atoms with E-state index in [0.717, 1.165) is 19.3 Å². The minimum Gasteiger partial charge on any atom is -0.383 e. The molecule has 1 heterocycles. The standard InChI is InChI=1S/C14H28N2O2/c1-6-8-12-14(17)16(11(7-2)9-18-5)13(15-12)10(3)4/h10-13,15H,6-9H2,1-5H3. The molecule has 0 bridgehead atoms.